The first-order chi connectivity index (χ1) is 6.52. The molecule has 1 unspecified atom stereocenters. The largest absolute Gasteiger partial charge is 0.457 e. The van der Waals surface area contributed by atoms with Crippen molar-refractivity contribution in [2.75, 3.05) is 13.2 Å². The van der Waals surface area contributed by atoms with Gasteiger partial charge in [0.2, 0.25) is 5.78 Å². The Morgan fingerprint density at radius 3 is 2.43 bits per heavy atom. The molecule has 0 spiro atoms. The molecule has 1 heterocycles. The zero-order valence-corrected chi connectivity index (χ0v) is 7.02. The lowest BCUT2D eigenvalue weighted by molar-refractivity contribution is -0.156. The van der Waals surface area contributed by atoms with Crippen molar-refractivity contribution in [2.24, 2.45) is 5.73 Å². The number of rotatable bonds is 0. The lowest BCUT2D eigenvalue weighted by Crippen LogP contribution is -2.37. The van der Waals surface area contributed by atoms with Gasteiger partial charge in [-0.1, -0.05) is 0 Å². The van der Waals surface area contributed by atoms with Crippen LogP contribution in [0.1, 0.15) is 0 Å². The summed E-state index contributed by atoms with van der Waals surface area (Å²) in [7, 11) is 0. The quantitative estimate of drug-likeness (QED) is 0.342. The Balaban J connectivity index is 2.79. The maximum Gasteiger partial charge on any atom is 0.383 e. The summed E-state index contributed by atoms with van der Waals surface area (Å²) in [5.41, 5.74) is 5.20. The van der Waals surface area contributed by atoms with Crippen molar-refractivity contribution in [3.05, 3.63) is 0 Å². The maximum atomic E-state index is 10.9. The Kier molecular flexibility index (Phi) is 2.92. The fourth-order valence-electron chi connectivity index (χ4n) is 0.722. The number of ether oxygens (including phenoxy) is 2. The summed E-state index contributed by atoms with van der Waals surface area (Å²) < 4.78 is 8.63. The van der Waals surface area contributed by atoms with E-state index >= 15 is 0 Å². The van der Waals surface area contributed by atoms with Crippen LogP contribution in [0.2, 0.25) is 0 Å². The van der Waals surface area contributed by atoms with Gasteiger partial charge in [0.15, 0.2) is 6.61 Å². The van der Waals surface area contributed by atoms with E-state index in [1.54, 1.807) is 0 Å². The molecule has 1 atom stereocenters. The molecular formula is C7H7NO6. The van der Waals surface area contributed by atoms with E-state index in [-0.39, 0.29) is 0 Å². The molecule has 0 aromatic rings. The molecule has 7 heteroatoms. The van der Waals surface area contributed by atoms with E-state index in [1.807, 2.05) is 0 Å². The highest BCUT2D eigenvalue weighted by atomic mass is 16.6. The fourth-order valence-corrected chi connectivity index (χ4v) is 0.722. The van der Waals surface area contributed by atoms with Crippen molar-refractivity contribution < 1.29 is 28.7 Å². The van der Waals surface area contributed by atoms with Crippen LogP contribution in [0.25, 0.3) is 0 Å². The van der Waals surface area contributed by atoms with Crippen LogP contribution in [-0.4, -0.2) is 42.8 Å². The number of hydrogen-bond acceptors (Lipinski definition) is 7. The highest BCUT2D eigenvalue weighted by Gasteiger charge is 2.30. The van der Waals surface area contributed by atoms with Gasteiger partial charge in [0, 0.05) is 0 Å². The minimum absolute atomic E-state index is 0.476. The smallest absolute Gasteiger partial charge is 0.383 e. The third-order valence-electron chi connectivity index (χ3n) is 1.48. The topological polar surface area (TPSA) is 113 Å². The Morgan fingerprint density at radius 2 is 1.79 bits per heavy atom. The average Bonchev–Trinajstić information content (AvgIpc) is 2.21. The van der Waals surface area contributed by atoms with E-state index in [2.05, 4.69) is 9.47 Å². The second kappa shape index (κ2) is 3.97. The lowest BCUT2D eigenvalue weighted by atomic mass is 10.3. The molecule has 76 valence electrons. The number of Topliss-reactive ketones (excluding diaryl/α,β-unsaturated/α-hetero) is 2. The van der Waals surface area contributed by atoms with Crippen molar-refractivity contribution in [1.82, 2.24) is 0 Å². The van der Waals surface area contributed by atoms with Gasteiger partial charge in [-0.15, -0.1) is 0 Å². The van der Waals surface area contributed by atoms with Crippen molar-refractivity contribution >= 4 is 23.5 Å². The minimum Gasteiger partial charge on any atom is -0.457 e. The second-order valence-electron chi connectivity index (χ2n) is 2.56. The van der Waals surface area contributed by atoms with E-state index in [0.717, 1.165) is 0 Å². The monoisotopic (exact) mass is 201 g/mol. The first-order valence-corrected chi connectivity index (χ1v) is 3.69. The number of cyclic esters (lactones) is 2. The number of carbonyl (C=O) groups is 4. The molecule has 0 radical (unpaired) electrons. The summed E-state index contributed by atoms with van der Waals surface area (Å²) in [6.45, 7) is -1.25. The molecule has 0 bridgehead atoms. The summed E-state index contributed by atoms with van der Waals surface area (Å²) in [5, 5.41) is 0. The molecule has 0 aliphatic carbocycles. The zero-order valence-electron chi connectivity index (χ0n) is 7.02. The van der Waals surface area contributed by atoms with E-state index in [0.29, 0.717) is 0 Å². The molecule has 1 aliphatic rings. The highest BCUT2D eigenvalue weighted by Crippen LogP contribution is 1.95. The Bertz CT molecular complexity index is 309. The van der Waals surface area contributed by atoms with Gasteiger partial charge in [0.1, 0.15) is 12.6 Å². The first-order valence-electron chi connectivity index (χ1n) is 3.69. The van der Waals surface area contributed by atoms with Gasteiger partial charge in [-0.25, -0.2) is 4.79 Å². The van der Waals surface area contributed by atoms with Crippen LogP contribution in [0.15, 0.2) is 0 Å². The Morgan fingerprint density at radius 1 is 1.14 bits per heavy atom. The van der Waals surface area contributed by atoms with Gasteiger partial charge in [0.05, 0.1) is 0 Å². The van der Waals surface area contributed by atoms with Crippen LogP contribution in [-0.2, 0) is 28.7 Å². The first kappa shape index (κ1) is 10.3. The van der Waals surface area contributed by atoms with Crippen LogP contribution in [0.3, 0.4) is 0 Å². The molecule has 14 heavy (non-hydrogen) atoms. The van der Waals surface area contributed by atoms with Gasteiger partial charge >= 0.3 is 17.7 Å². The van der Waals surface area contributed by atoms with Crippen LogP contribution in [0.5, 0.6) is 0 Å². The predicted octanol–water partition coefficient (Wildman–Crippen LogP) is -2.45. The zero-order chi connectivity index (χ0) is 10.7. The van der Waals surface area contributed by atoms with E-state index < -0.39 is 42.8 Å². The molecule has 0 aromatic heterocycles. The normalized spacial score (nSPS) is 24.5. The molecule has 0 amide bonds. The number of carbonyl (C=O) groups excluding carboxylic acids is 4. The molecule has 1 aliphatic heterocycles. The third kappa shape index (κ3) is 2.13. The SMILES string of the molecule is NC1COC(=O)C(=O)C(=O)COC1=O. The van der Waals surface area contributed by atoms with Crippen LogP contribution in [0.4, 0.5) is 0 Å². The third-order valence-corrected chi connectivity index (χ3v) is 1.48. The van der Waals surface area contributed by atoms with Crippen molar-refractivity contribution in [2.45, 2.75) is 6.04 Å². The number of esters is 2. The van der Waals surface area contributed by atoms with Crippen molar-refractivity contribution in [3.63, 3.8) is 0 Å². The molecular weight excluding hydrogens is 194 g/mol. The van der Waals surface area contributed by atoms with E-state index in [4.69, 9.17) is 5.73 Å². The molecule has 1 rings (SSSR count). The van der Waals surface area contributed by atoms with Crippen LogP contribution < -0.4 is 5.73 Å². The van der Waals surface area contributed by atoms with Crippen LogP contribution in [0, 0.1) is 0 Å². The molecule has 2 N–H and O–H groups in total. The molecule has 0 saturated carbocycles. The molecule has 0 aromatic carbocycles. The average molecular weight is 201 g/mol. The molecule has 7 nitrogen and oxygen atoms in total. The van der Waals surface area contributed by atoms with Gasteiger partial charge < -0.3 is 15.2 Å². The standard InChI is InChI=1S/C7H7NO6/c8-3-1-13-7(12)5(10)4(9)2-14-6(3)11/h3H,1-2,8H2. The van der Waals surface area contributed by atoms with Gasteiger partial charge in [-0.05, 0) is 0 Å². The second-order valence-corrected chi connectivity index (χ2v) is 2.56. The number of hydrogen-bond donors (Lipinski definition) is 1. The molecule has 1 fully saturated rings. The van der Waals surface area contributed by atoms with E-state index in [1.165, 1.54) is 0 Å². The lowest BCUT2D eigenvalue weighted by Gasteiger charge is -2.07. The van der Waals surface area contributed by atoms with E-state index in [9.17, 15) is 19.2 Å². The Hall–Kier alpha value is -1.76. The van der Waals surface area contributed by atoms with Gasteiger partial charge in [-0.2, -0.15) is 0 Å². The highest BCUT2D eigenvalue weighted by molar-refractivity contribution is 6.62. The summed E-state index contributed by atoms with van der Waals surface area (Å²) >= 11 is 0. The summed E-state index contributed by atoms with van der Waals surface area (Å²) in [5.74, 6) is -4.67. The number of ketones is 2. The predicted molar refractivity (Wildman–Crippen MR) is 39.9 cm³/mol. The fraction of sp³-hybridized carbons (Fsp3) is 0.429. The summed E-state index contributed by atoms with van der Waals surface area (Å²) in [6.07, 6.45) is 0. The van der Waals surface area contributed by atoms with Crippen LogP contribution >= 0.6 is 0 Å². The van der Waals surface area contributed by atoms with Crippen molar-refractivity contribution in [3.8, 4) is 0 Å². The molecule has 1 saturated heterocycles. The van der Waals surface area contributed by atoms with Gasteiger partial charge in [0.25, 0.3) is 0 Å². The van der Waals surface area contributed by atoms with Gasteiger partial charge in [-0.3, -0.25) is 14.4 Å². The maximum absolute atomic E-state index is 10.9. The summed E-state index contributed by atoms with van der Waals surface area (Å²) in [6, 6.07) is -1.17. The number of nitrogens with two attached hydrogens (primary N) is 1. The van der Waals surface area contributed by atoms with Crippen molar-refractivity contribution in [1.29, 1.82) is 0 Å². The Labute approximate surface area is 78.1 Å². The summed E-state index contributed by atoms with van der Waals surface area (Å²) in [4.78, 5) is 43.3. The minimum atomic E-state index is -1.34.